The Hall–Kier alpha value is -1.09. The summed E-state index contributed by atoms with van der Waals surface area (Å²) in [6.45, 7) is 2.20. The van der Waals surface area contributed by atoms with Gasteiger partial charge in [0.15, 0.2) is 0 Å². The van der Waals surface area contributed by atoms with Crippen molar-refractivity contribution >= 4 is 17.6 Å². The van der Waals surface area contributed by atoms with Crippen LogP contribution in [0.4, 0.5) is 0 Å². The van der Waals surface area contributed by atoms with E-state index in [0.717, 1.165) is 30.5 Å². The number of aryl methyl sites for hydroxylation is 1. The minimum atomic E-state index is -0.418. The Kier molecular flexibility index (Phi) is 3.15. The van der Waals surface area contributed by atoms with Crippen LogP contribution in [0.15, 0.2) is 6.07 Å². The van der Waals surface area contributed by atoms with Crippen molar-refractivity contribution < 1.29 is 9.53 Å². The van der Waals surface area contributed by atoms with Crippen LogP contribution in [0.5, 0.6) is 0 Å². The van der Waals surface area contributed by atoms with Crippen LogP contribution in [0, 0.1) is 5.92 Å². The molecule has 1 atom stereocenters. The Labute approximate surface area is 99.8 Å². The molecule has 1 aliphatic carbocycles. The molecule has 0 bridgehead atoms. The van der Waals surface area contributed by atoms with Crippen LogP contribution in [0.2, 0.25) is 5.15 Å². The summed E-state index contributed by atoms with van der Waals surface area (Å²) in [5.41, 5.74) is 2.52. The minimum absolute atomic E-state index is 0.250. The van der Waals surface area contributed by atoms with Gasteiger partial charge in [-0.15, -0.1) is 0 Å². The van der Waals surface area contributed by atoms with Gasteiger partial charge in [-0.2, -0.15) is 0 Å². The fraction of sp³-hybridized carbons (Fsp3) is 0.500. The second kappa shape index (κ2) is 4.42. The highest BCUT2D eigenvalue weighted by molar-refractivity contribution is 6.32. The third-order valence-electron chi connectivity index (χ3n) is 2.99. The average Bonchev–Trinajstić information content (AvgIpc) is 2.28. The molecule has 0 fully saturated rings. The van der Waals surface area contributed by atoms with Crippen molar-refractivity contribution in [3.05, 3.63) is 28.0 Å². The van der Waals surface area contributed by atoms with Crippen LogP contribution in [-0.4, -0.2) is 18.1 Å². The van der Waals surface area contributed by atoms with E-state index in [1.165, 1.54) is 7.11 Å². The molecule has 0 radical (unpaired) electrons. The standard InChI is InChI=1S/C12H14ClNO2/c1-7-3-4-10-8(5-7)6-9(11(13)14-10)12(15)16-2/h6-7H,3-5H2,1-2H3. The number of hydrogen-bond donors (Lipinski definition) is 0. The minimum Gasteiger partial charge on any atom is -0.465 e. The van der Waals surface area contributed by atoms with Gasteiger partial charge in [0.25, 0.3) is 0 Å². The Morgan fingerprint density at radius 3 is 3.06 bits per heavy atom. The van der Waals surface area contributed by atoms with E-state index in [9.17, 15) is 4.79 Å². The maximum absolute atomic E-state index is 11.5. The molecule has 2 rings (SSSR count). The monoisotopic (exact) mass is 239 g/mol. The first kappa shape index (κ1) is 11.4. The molecular formula is C12H14ClNO2. The summed E-state index contributed by atoms with van der Waals surface area (Å²) < 4.78 is 4.67. The second-order valence-corrected chi connectivity index (χ2v) is 4.63. The van der Waals surface area contributed by atoms with E-state index >= 15 is 0 Å². The van der Waals surface area contributed by atoms with Crippen molar-refractivity contribution in [2.45, 2.75) is 26.2 Å². The van der Waals surface area contributed by atoms with Crippen LogP contribution < -0.4 is 0 Å². The quantitative estimate of drug-likeness (QED) is 0.559. The molecule has 1 unspecified atom stereocenters. The van der Waals surface area contributed by atoms with E-state index in [1.54, 1.807) is 0 Å². The number of carbonyl (C=O) groups excluding carboxylic acids is 1. The molecule has 86 valence electrons. The Bertz CT molecular complexity index is 431. The van der Waals surface area contributed by atoms with Crippen LogP contribution in [0.1, 0.15) is 35.0 Å². The average molecular weight is 240 g/mol. The van der Waals surface area contributed by atoms with Crippen LogP contribution in [-0.2, 0) is 17.6 Å². The van der Waals surface area contributed by atoms with E-state index < -0.39 is 5.97 Å². The zero-order chi connectivity index (χ0) is 11.7. The van der Waals surface area contributed by atoms with E-state index in [-0.39, 0.29) is 5.15 Å². The first-order valence-corrected chi connectivity index (χ1v) is 5.76. The van der Waals surface area contributed by atoms with Gasteiger partial charge in [-0.05, 0) is 36.8 Å². The summed E-state index contributed by atoms with van der Waals surface area (Å²) in [6.07, 6.45) is 3.04. The molecule has 1 aromatic heterocycles. The third kappa shape index (κ3) is 2.05. The SMILES string of the molecule is COC(=O)c1cc2c(nc1Cl)CCC(C)C2. The zero-order valence-corrected chi connectivity index (χ0v) is 10.2. The molecule has 0 aliphatic heterocycles. The molecule has 0 spiro atoms. The number of nitrogens with zero attached hydrogens (tertiary/aromatic N) is 1. The van der Waals surface area contributed by atoms with E-state index in [0.29, 0.717) is 11.5 Å². The van der Waals surface area contributed by atoms with Gasteiger partial charge in [-0.3, -0.25) is 0 Å². The van der Waals surface area contributed by atoms with E-state index in [2.05, 4.69) is 16.6 Å². The molecule has 0 saturated heterocycles. The molecule has 0 N–H and O–H groups in total. The van der Waals surface area contributed by atoms with Gasteiger partial charge in [-0.1, -0.05) is 18.5 Å². The summed E-state index contributed by atoms with van der Waals surface area (Å²) >= 11 is 5.96. The molecule has 4 heteroatoms. The molecule has 0 amide bonds. The zero-order valence-electron chi connectivity index (χ0n) is 9.42. The van der Waals surface area contributed by atoms with Gasteiger partial charge in [0.1, 0.15) is 5.15 Å². The number of halogens is 1. The first-order valence-electron chi connectivity index (χ1n) is 5.38. The van der Waals surface area contributed by atoms with Crippen molar-refractivity contribution in [2.75, 3.05) is 7.11 Å². The number of fused-ring (bicyclic) bond motifs is 1. The number of ether oxygens (including phenoxy) is 1. The van der Waals surface area contributed by atoms with E-state index in [4.69, 9.17) is 11.6 Å². The number of aromatic nitrogens is 1. The highest BCUT2D eigenvalue weighted by Gasteiger charge is 2.21. The van der Waals surface area contributed by atoms with Gasteiger partial charge in [0.05, 0.1) is 12.7 Å². The molecule has 0 aromatic carbocycles. The normalized spacial score (nSPS) is 19.1. The lowest BCUT2D eigenvalue weighted by Gasteiger charge is -2.21. The second-order valence-electron chi connectivity index (χ2n) is 4.27. The Morgan fingerprint density at radius 2 is 2.38 bits per heavy atom. The lowest BCUT2D eigenvalue weighted by atomic mass is 9.87. The molecule has 1 aromatic rings. The predicted octanol–water partition coefficient (Wildman–Crippen LogP) is 2.65. The van der Waals surface area contributed by atoms with Crippen molar-refractivity contribution in [3.8, 4) is 0 Å². The highest BCUT2D eigenvalue weighted by atomic mass is 35.5. The fourth-order valence-electron chi connectivity index (χ4n) is 2.07. The number of carbonyl (C=O) groups is 1. The third-order valence-corrected chi connectivity index (χ3v) is 3.28. The summed E-state index contributed by atoms with van der Waals surface area (Å²) in [6, 6.07) is 1.83. The molecule has 0 saturated carbocycles. The number of esters is 1. The molecule has 16 heavy (non-hydrogen) atoms. The van der Waals surface area contributed by atoms with Crippen molar-refractivity contribution in [1.29, 1.82) is 0 Å². The van der Waals surface area contributed by atoms with Gasteiger partial charge in [0.2, 0.25) is 0 Å². The smallest absolute Gasteiger partial charge is 0.341 e. The molecule has 1 aliphatic rings. The number of methoxy groups -OCH3 is 1. The van der Waals surface area contributed by atoms with E-state index in [1.807, 2.05) is 6.07 Å². The largest absolute Gasteiger partial charge is 0.465 e. The van der Waals surface area contributed by atoms with Crippen molar-refractivity contribution in [2.24, 2.45) is 5.92 Å². The van der Waals surface area contributed by atoms with Gasteiger partial charge >= 0.3 is 5.97 Å². The maximum Gasteiger partial charge on any atom is 0.341 e. The van der Waals surface area contributed by atoms with Crippen LogP contribution in [0.3, 0.4) is 0 Å². The fourth-order valence-corrected chi connectivity index (χ4v) is 2.31. The van der Waals surface area contributed by atoms with Gasteiger partial charge in [-0.25, -0.2) is 9.78 Å². The van der Waals surface area contributed by atoms with Crippen molar-refractivity contribution in [1.82, 2.24) is 4.98 Å². The van der Waals surface area contributed by atoms with Crippen LogP contribution in [0.25, 0.3) is 0 Å². The maximum atomic E-state index is 11.5. The predicted molar refractivity (Wildman–Crippen MR) is 61.8 cm³/mol. The number of rotatable bonds is 1. The number of hydrogen-bond acceptors (Lipinski definition) is 3. The Morgan fingerprint density at radius 1 is 1.62 bits per heavy atom. The molecule has 3 nitrogen and oxygen atoms in total. The Balaban J connectivity index is 2.43. The first-order chi connectivity index (χ1) is 7.61. The molecular weight excluding hydrogens is 226 g/mol. The topological polar surface area (TPSA) is 39.2 Å². The lowest BCUT2D eigenvalue weighted by Crippen LogP contribution is -2.15. The highest BCUT2D eigenvalue weighted by Crippen LogP contribution is 2.27. The lowest BCUT2D eigenvalue weighted by molar-refractivity contribution is 0.0600. The van der Waals surface area contributed by atoms with Crippen molar-refractivity contribution in [3.63, 3.8) is 0 Å². The summed E-state index contributed by atoms with van der Waals surface area (Å²) in [7, 11) is 1.35. The number of pyridine rings is 1. The summed E-state index contributed by atoms with van der Waals surface area (Å²) in [5.74, 6) is 0.222. The van der Waals surface area contributed by atoms with Gasteiger partial charge in [0, 0.05) is 5.69 Å². The van der Waals surface area contributed by atoms with Crippen LogP contribution >= 0.6 is 11.6 Å². The summed E-state index contributed by atoms with van der Waals surface area (Å²) in [5, 5.41) is 0.250. The molecule has 1 heterocycles. The summed E-state index contributed by atoms with van der Waals surface area (Å²) in [4.78, 5) is 15.7. The van der Waals surface area contributed by atoms with Gasteiger partial charge < -0.3 is 4.74 Å².